The summed E-state index contributed by atoms with van der Waals surface area (Å²) >= 11 is 1.41. The summed E-state index contributed by atoms with van der Waals surface area (Å²) in [5.41, 5.74) is 0.754. The summed E-state index contributed by atoms with van der Waals surface area (Å²) in [6.07, 6.45) is 1.67. The van der Waals surface area contributed by atoms with Gasteiger partial charge in [0, 0.05) is 11.6 Å². The zero-order chi connectivity index (χ0) is 12.3. The van der Waals surface area contributed by atoms with Crippen LogP contribution in [0, 0.1) is 0 Å². The Morgan fingerprint density at radius 2 is 2.11 bits per heavy atom. The number of aromatic nitrogens is 1. The summed E-state index contributed by atoms with van der Waals surface area (Å²) in [5, 5.41) is 11.3. The maximum absolute atomic E-state index is 10.8. The third-order valence-electron chi connectivity index (χ3n) is 2.37. The molecule has 1 atom stereocenters. The van der Waals surface area contributed by atoms with Gasteiger partial charge in [-0.2, -0.15) is 0 Å². The summed E-state index contributed by atoms with van der Waals surface area (Å²) in [5.74, 6) is -0.691. The number of hydrogen-bond donors (Lipinski definition) is 1. The van der Waals surface area contributed by atoms with Gasteiger partial charge in [0.1, 0.15) is 5.75 Å². The van der Waals surface area contributed by atoms with E-state index >= 15 is 0 Å². The molecule has 1 N–H and O–H groups in total. The normalized spacial score (nSPS) is 11.4. The quantitative estimate of drug-likeness (QED) is 0.880. The third-order valence-corrected chi connectivity index (χ3v) is 3.01. The Bertz CT molecular complexity index is 508. The van der Waals surface area contributed by atoms with Crippen LogP contribution in [0.25, 0.3) is 0 Å². The van der Waals surface area contributed by atoms with Crippen LogP contribution in [0.15, 0.2) is 35.8 Å². The molecule has 0 spiro atoms. The van der Waals surface area contributed by atoms with Crippen LogP contribution in [0.3, 0.4) is 0 Å². The third kappa shape index (κ3) is 3.95. The van der Waals surface area contributed by atoms with Gasteiger partial charge in [-0.05, 0) is 24.6 Å². The zero-order valence-corrected chi connectivity index (χ0v) is 12.9. The van der Waals surface area contributed by atoms with Crippen LogP contribution >= 0.6 is 11.3 Å². The van der Waals surface area contributed by atoms with Crippen LogP contribution in [-0.2, 0) is 4.79 Å². The fourth-order valence-corrected chi connectivity index (χ4v) is 1.83. The van der Waals surface area contributed by atoms with Crippen molar-refractivity contribution in [3.05, 3.63) is 41.4 Å². The topological polar surface area (TPSA) is 59.4 Å². The van der Waals surface area contributed by atoms with Crippen LogP contribution < -0.4 is 4.74 Å². The fraction of sp³-hybridized carbons (Fsp3) is 0.167. The first kappa shape index (κ1) is 15.4. The van der Waals surface area contributed by atoms with E-state index in [1.807, 2.05) is 5.38 Å². The molecule has 4 nitrogen and oxygen atoms in total. The molecule has 0 amide bonds. The minimum absolute atomic E-state index is 0. The Morgan fingerprint density at radius 3 is 2.61 bits per heavy atom. The van der Waals surface area contributed by atoms with E-state index < -0.39 is 11.9 Å². The Kier molecular flexibility index (Phi) is 6.08. The Balaban J connectivity index is 0. The summed E-state index contributed by atoms with van der Waals surface area (Å²) in [7, 11) is 0. The minimum Gasteiger partial charge on any atom is -1.00 e. The van der Waals surface area contributed by atoms with E-state index in [1.165, 1.54) is 11.3 Å². The molecular weight excluding hydrogens is 278 g/mol. The van der Waals surface area contributed by atoms with Gasteiger partial charge in [-0.25, -0.2) is 4.98 Å². The SMILES string of the molecule is CC(C(=O)O)c1ccc(Oc2nccs2)cc1.[Ca+2].[H-].[H-]. The molecule has 6 heteroatoms. The van der Waals surface area contributed by atoms with E-state index in [-0.39, 0.29) is 40.6 Å². The molecular formula is C12H13CaNO3S. The largest absolute Gasteiger partial charge is 2.00 e. The molecule has 0 saturated carbocycles. The first-order valence-corrected chi connectivity index (χ1v) is 5.95. The number of rotatable bonds is 4. The Morgan fingerprint density at radius 1 is 1.44 bits per heavy atom. The van der Waals surface area contributed by atoms with Crippen LogP contribution in [0.1, 0.15) is 21.3 Å². The van der Waals surface area contributed by atoms with Gasteiger partial charge < -0.3 is 12.7 Å². The van der Waals surface area contributed by atoms with Crippen molar-refractivity contribution in [1.29, 1.82) is 0 Å². The van der Waals surface area contributed by atoms with Gasteiger partial charge in [-0.1, -0.05) is 23.5 Å². The molecule has 1 heterocycles. The van der Waals surface area contributed by atoms with Crippen molar-refractivity contribution in [2.24, 2.45) is 0 Å². The van der Waals surface area contributed by atoms with Gasteiger partial charge in [0.05, 0.1) is 5.92 Å². The minimum atomic E-state index is -0.835. The van der Waals surface area contributed by atoms with Crippen LogP contribution in [-0.4, -0.2) is 53.8 Å². The molecule has 0 fully saturated rings. The number of hydrogen-bond acceptors (Lipinski definition) is 4. The van der Waals surface area contributed by atoms with Crippen molar-refractivity contribution in [1.82, 2.24) is 4.98 Å². The van der Waals surface area contributed by atoms with Crippen molar-refractivity contribution in [2.45, 2.75) is 12.8 Å². The molecule has 18 heavy (non-hydrogen) atoms. The number of nitrogens with zero attached hydrogens (tertiary/aromatic N) is 1. The second-order valence-corrected chi connectivity index (χ2v) is 4.39. The standard InChI is InChI=1S/C12H11NO3S.Ca.2H/c1-8(11(14)15)9-2-4-10(5-3-9)16-12-13-6-7-17-12;;;/h2-8H,1H3,(H,14,15);;;/q;+2;2*-1. The number of carbonyl (C=O) groups is 1. The molecule has 2 aromatic rings. The Hall–Kier alpha value is -0.620. The van der Waals surface area contributed by atoms with Gasteiger partial charge in [-0.3, -0.25) is 4.79 Å². The van der Waals surface area contributed by atoms with Crippen molar-refractivity contribution in [3.63, 3.8) is 0 Å². The van der Waals surface area contributed by atoms with Gasteiger partial charge in [0.2, 0.25) is 0 Å². The van der Waals surface area contributed by atoms with Crippen molar-refractivity contribution < 1.29 is 17.5 Å². The van der Waals surface area contributed by atoms with E-state index in [0.29, 0.717) is 10.9 Å². The molecule has 0 aliphatic heterocycles. The maximum atomic E-state index is 10.8. The van der Waals surface area contributed by atoms with E-state index in [1.54, 1.807) is 37.4 Å². The van der Waals surface area contributed by atoms with Crippen LogP contribution in [0.2, 0.25) is 0 Å². The predicted octanol–water partition coefficient (Wildman–Crippen LogP) is 2.97. The van der Waals surface area contributed by atoms with E-state index in [4.69, 9.17) is 9.84 Å². The van der Waals surface area contributed by atoms with Crippen molar-refractivity contribution >= 4 is 55.0 Å². The summed E-state index contributed by atoms with van der Waals surface area (Å²) < 4.78 is 5.47. The smallest absolute Gasteiger partial charge is 1.00 e. The number of carboxylic acids is 1. The predicted molar refractivity (Wildman–Crippen MR) is 72.7 cm³/mol. The average molecular weight is 291 g/mol. The summed E-state index contributed by atoms with van der Waals surface area (Å²) in [6, 6.07) is 7.00. The molecule has 1 aromatic heterocycles. The molecule has 2 rings (SSSR count). The van der Waals surface area contributed by atoms with Gasteiger partial charge in [-0.15, -0.1) is 0 Å². The molecule has 0 aliphatic rings. The molecule has 0 bridgehead atoms. The molecule has 1 unspecified atom stereocenters. The van der Waals surface area contributed by atoms with E-state index in [9.17, 15) is 4.79 Å². The number of ether oxygens (including phenoxy) is 1. The molecule has 92 valence electrons. The fourth-order valence-electron chi connectivity index (χ4n) is 1.33. The number of thiazole rings is 1. The first-order chi connectivity index (χ1) is 8.16. The Labute approximate surface area is 142 Å². The molecule has 0 saturated heterocycles. The number of benzene rings is 1. The summed E-state index contributed by atoms with van der Waals surface area (Å²) in [6.45, 7) is 1.65. The van der Waals surface area contributed by atoms with E-state index in [0.717, 1.165) is 5.56 Å². The second kappa shape index (κ2) is 7.09. The van der Waals surface area contributed by atoms with Crippen LogP contribution in [0.5, 0.6) is 10.9 Å². The monoisotopic (exact) mass is 291 g/mol. The van der Waals surface area contributed by atoms with Crippen molar-refractivity contribution in [2.75, 3.05) is 0 Å². The average Bonchev–Trinajstić information content (AvgIpc) is 2.82. The second-order valence-electron chi connectivity index (χ2n) is 3.53. The molecule has 0 aliphatic carbocycles. The molecule has 1 aromatic carbocycles. The van der Waals surface area contributed by atoms with Crippen LogP contribution in [0.4, 0.5) is 0 Å². The maximum Gasteiger partial charge on any atom is 2.00 e. The summed E-state index contributed by atoms with van der Waals surface area (Å²) in [4.78, 5) is 14.8. The number of carboxylic acid groups (broad SMARTS) is 1. The zero-order valence-electron chi connectivity index (χ0n) is 11.9. The first-order valence-electron chi connectivity index (χ1n) is 5.07. The van der Waals surface area contributed by atoms with Gasteiger partial charge in [0.25, 0.3) is 5.19 Å². The molecule has 0 radical (unpaired) electrons. The van der Waals surface area contributed by atoms with Gasteiger partial charge in [0.15, 0.2) is 0 Å². The van der Waals surface area contributed by atoms with Crippen molar-refractivity contribution in [3.8, 4) is 10.9 Å². The number of aliphatic carboxylic acids is 1. The van der Waals surface area contributed by atoms with E-state index in [2.05, 4.69) is 4.98 Å². The van der Waals surface area contributed by atoms with Gasteiger partial charge >= 0.3 is 43.7 Å².